The van der Waals surface area contributed by atoms with Crippen molar-refractivity contribution in [2.24, 2.45) is 0 Å². The summed E-state index contributed by atoms with van der Waals surface area (Å²) in [5, 5.41) is 4.53. The summed E-state index contributed by atoms with van der Waals surface area (Å²) in [7, 11) is 1.52. The number of nitrogens with one attached hydrogen (secondary N) is 2. The zero-order valence-corrected chi connectivity index (χ0v) is 18.1. The molecule has 2 aromatic carbocycles. The first-order valence-electron chi connectivity index (χ1n) is 9.76. The normalized spacial score (nSPS) is 11.1. The fraction of sp³-hybridized carbons (Fsp3) is 0.174. The number of carbonyl (C=O) groups is 2. The third-order valence-electron chi connectivity index (χ3n) is 4.56. The van der Waals surface area contributed by atoms with Gasteiger partial charge in [0.05, 0.1) is 22.3 Å². The molecule has 0 fully saturated rings. The first-order chi connectivity index (χ1) is 15.7. The zero-order valence-electron chi connectivity index (χ0n) is 17.4. The van der Waals surface area contributed by atoms with E-state index >= 15 is 0 Å². The van der Waals surface area contributed by atoms with Crippen LogP contribution in [-0.2, 0) is 17.4 Å². The van der Waals surface area contributed by atoms with Crippen molar-refractivity contribution in [1.82, 2.24) is 10.3 Å². The third-order valence-corrected chi connectivity index (χ3v) is 4.89. The van der Waals surface area contributed by atoms with E-state index in [9.17, 15) is 22.8 Å². The monoisotopic (exact) mass is 477 g/mol. The largest absolute Gasteiger partial charge is 0.456 e. The van der Waals surface area contributed by atoms with Crippen LogP contribution in [0.25, 0.3) is 0 Å². The van der Waals surface area contributed by atoms with Crippen molar-refractivity contribution in [1.29, 1.82) is 0 Å². The van der Waals surface area contributed by atoms with Crippen molar-refractivity contribution in [2.45, 2.75) is 19.0 Å². The minimum Gasteiger partial charge on any atom is -0.456 e. The van der Waals surface area contributed by atoms with E-state index in [1.165, 1.54) is 25.5 Å². The standard InChI is InChI=1S/C23H19ClF3N3O3/c1-28-22(32)15-10-18(13-29-12-15)33-17-6-2-14(3-7-17)4-9-21(31)30-16-5-8-20(24)19(11-16)23(25,26)27/h2-3,5-8,10-13H,4,9H2,1H3,(H,28,32)(H,30,31). The van der Waals surface area contributed by atoms with E-state index < -0.39 is 22.7 Å². The summed E-state index contributed by atoms with van der Waals surface area (Å²) in [6.07, 6.45) is -1.26. The van der Waals surface area contributed by atoms with E-state index in [2.05, 4.69) is 15.6 Å². The first kappa shape index (κ1) is 24.1. The topological polar surface area (TPSA) is 80.3 Å². The lowest BCUT2D eigenvalue weighted by molar-refractivity contribution is -0.137. The average molecular weight is 478 g/mol. The van der Waals surface area contributed by atoms with Crippen molar-refractivity contribution >= 4 is 29.1 Å². The van der Waals surface area contributed by atoms with Crippen LogP contribution in [0.15, 0.2) is 60.9 Å². The number of rotatable bonds is 7. The molecule has 0 saturated heterocycles. The molecule has 33 heavy (non-hydrogen) atoms. The van der Waals surface area contributed by atoms with Gasteiger partial charge in [-0.3, -0.25) is 14.6 Å². The van der Waals surface area contributed by atoms with Gasteiger partial charge in [-0.15, -0.1) is 0 Å². The van der Waals surface area contributed by atoms with E-state index in [1.54, 1.807) is 30.3 Å². The maximum absolute atomic E-state index is 12.9. The molecule has 0 bridgehead atoms. The van der Waals surface area contributed by atoms with E-state index in [0.29, 0.717) is 23.5 Å². The summed E-state index contributed by atoms with van der Waals surface area (Å²) in [4.78, 5) is 27.8. The van der Waals surface area contributed by atoms with Gasteiger partial charge >= 0.3 is 6.18 Å². The second-order valence-electron chi connectivity index (χ2n) is 6.98. The van der Waals surface area contributed by atoms with Crippen LogP contribution in [0.2, 0.25) is 5.02 Å². The van der Waals surface area contributed by atoms with Crippen LogP contribution in [0.1, 0.15) is 27.9 Å². The highest BCUT2D eigenvalue weighted by Crippen LogP contribution is 2.36. The number of anilines is 1. The lowest BCUT2D eigenvalue weighted by atomic mass is 10.1. The molecule has 1 heterocycles. The molecular formula is C23H19ClF3N3O3. The highest BCUT2D eigenvalue weighted by Gasteiger charge is 2.33. The van der Waals surface area contributed by atoms with Gasteiger partial charge in [-0.1, -0.05) is 23.7 Å². The maximum Gasteiger partial charge on any atom is 0.417 e. The van der Waals surface area contributed by atoms with Crippen LogP contribution in [0, 0.1) is 0 Å². The number of nitrogens with zero attached hydrogens (tertiary/aromatic N) is 1. The van der Waals surface area contributed by atoms with Crippen LogP contribution in [0.5, 0.6) is 11.5 Å². The third kappa shape index (κ3) is 6.69. The minimum atomic E-state index is -4.61. The van der Waals surface area contributed by atoms with Gasteiger partial charge < -0.3 is 15.4 Å². The Kier molecular flexibility index (Phi) is 7.55. The molecule has 172 valence electrons. The predicted octanol–water partition coefficient (Wildman–Crippen LogP) is 5.48. The summed E-state index contributed by atoms with van der Waals surface area (Å²) in [6.45, 7) is 0. The van der Waals surface area contributed by atoms with Crippen molar-refractivity contribution in [3.63, 3.8) is 0 Å². The molecule has 3 aromatic rings. The van der Waals surface area contributed by atoms with E-state index in [0.717, 1.165) is 17.7 Å². The van der Waals surface area contributed by atoms with Gasteiger partial charge in [-0.2, -0.15) is 13.2 Å². The van der Waals surface area contributed by atoms with E-state index in [4.69, 9.17) is 16.3 Å². The fourth-order valence-corrected chi connectivity index (χ4v) is 3.13. The Morgan fingerprint density at radius 1 is 1.03 bits per heavy atom. The van der Waals surface area contributed by atoms with Crippen LogP contribution < -0.4 is 15.4 Å². The Morgan fingerprint density at radius 2 is 1.76 bits per heavy atom. The lowest BCUT2D eigenvalue weighted by Gasteiger charge is -2.12. The molecule has 0 unspecified atom stereocenters. The van der Waals surface area contributed by atoms with Gasteiger partial charge in [0.15, 0.2) is 0 Å². The van der Waals surface area contributed by atoms with E-state index in [1.807, 2.05) is 0 Å². The Bertz CT molecular complexity index is 1150. The number of hydrogen-bond donors (Lipinski definition) is 2. The summed E-state index contributed by atoms with van der Waals surface area (Å²) >= 11 is 5.59. The van der Waals surface area contributed by atoms with Crippen molar-refractivity contribution < 1.29 is 27.5 Å². The van der Waals surface area contributed by atoms with Gasteiger partial charge in [0.25, 0.3) is 5.91 Å². The number of amides is 2. The van der Waals surface area contributed by atoms with Gasteiger partial charge in [0.2, 0.25) is 5.91 Å². The molecule has 2 N–H and O–H groups in total. The number of aryl methyl sites for hydroxylation is 1. The number of pyridine rings is 1. The molecule has 0 aliphatic rings. The second kappa shape index (κ2) is 10.4. The quantitative estimate of drug-likeness (QED) is 0.472. The Labute approximate surface area is 192 Å². The van der Waals surface area contributed by atoms with Crippen LogP contribution >= 0.6 is 11.6 Å². The van der Waals surface area contributed by atoms with Crippen LogP contribution in [-0.4, -0.2) is 23.8 Å². The number of ether oxygens (including phenoxy) is 1. The first-order valence-corrected chi connectivity index (χ1v) is 10.1. The Hall–Kier alpha value is -3.59. The molecule has 1 aromatic heterocycles. The molecule has 0 radical (unpaired) electrons. The number of halogens is 4. The molecule has 0 spiro atoms. The predicted molar refractivity (Wildman–Crippen MR) is 118 cm³/mol. The second-order valence-corrected chi connectivity index (χ2v) is 7.38. The van der Waals surface area contributed by atoms with Gasteiger partial charge in [0.1, 0.15) is 11.5 Å². The summed E-state index contributed by atoms with van der Waals surface area (Å²) < 4.78 is 44.5. The molecule has 2 amide bonds. The van der Waals surface area contributed by atoms with Gasteiger partial charge in [-0.05, 0) is 48.4 Å². The average Bonchev–Trinajstić information content (AvgIpc) is 2.79. The van der Waals surface area contributed by atoms with E-state index in [-0.39, 0.29) is 18.0 Å². The smallest absolute Gasteiger partial charge is 0.417 e. The molecule has 3 rings (SSSR count). The zero-order chi connectivity index (χ0) is 24.0. The van der Waals surface area contributed by atoms with Crippen molar-refractivity contribution in [3.05, 3.63) is 82.6 Å². The molecule has 0 aliphatic carbocycles. The van der Waals surface area contributed by atoms with Crippen molar-refractivity contribution in [2.75, 3.05) is 12.4 Å². The number of aromatic nitrogens is 1. The molecule has 6 nitrogen and oxygen atoms in total. The summed E-state index contributed by atoms with van der Waals surface area (Å²) in [6, 6.07) is 11.7. The SMILES string of the molecule is CNC(=O)c1cncc(Oc2ccc(CCC(=O)Nc3ccc(Cl)c(C(F)(F)F)c3)cc2)c1. The molecular weight excluding hydrogens is 459 g/mol. The number of benzene rings is 2. The fourth-order valence-electron chi connectivity index (χ4n) is 2.91. The summed E-state index contributed by atoms with van der Waals surface area (Å²) in [5.74, 6) is 0.196. The molecule has 10 heteroatoms. The number of hydrogen-bond acceptors (Lipinski definition) is 4. The van der Waals surface area contributed by atoms with Crippen LogP contribution in [0.4, 0.5) is 18.9 Å². The minimum absolute atomic E-state index is 0.0214. The van der Waals surface area contributed by atoms with Gasteiger partial charge in [-0.25, -0.2) is 0 Å². The Morgan fingerprint density at radius 3 is 2.42 bits per heavy atom. The molecule has 0 atom stereocenters. The van der Waals surface area contributed by atoms with Crippen LogP contribution in [0.3, 0.4) is 0 Å². The maximum atomic E-state index is 12.9. The number of carbonyl (C=O) groups excluding carboxylic acids is 2. The molecule has 0 saturated carbocycles. The number of alkyl halides is 3. The summed E-state index contributed by atoms with van der Waals surface area (Å²) in [5.41, 5.74) is 0.212. The molecule has 0 aliphatic heterocycles. The van der Waals surface area contributed by atoms with Crippen molar-refractivity contribution in [3.8, 4) is 11.5 Å². The highest BCUT2D eigenvalue weighted by molar-refractivity contribution is 6.31. The Balaban J connectivity index is 1.55. The lowest BCUT2D eigenvalue weighted by Crippen LogP contribution is -2.17. The highest BCUT2D eigenvalue weighted by atomic mass is 35.5. The van der Waals surface area contributed by atoms with Gasteiger partial charge in [0, 0.05) is 25.4 Å².